The number of carbonyl (C=O) groups is 1. The molecule has 1 amide bonds. The second-order valence-corrected chi connectivity index (χ2v) is 8.53. The molecular formula is C25H32N4O3. The largest absolute Gasteiger partial charge is 0.494 e. The van der Waals surface area contributed by atoms with Gasteiger partial charge in [-0.3, -0.25) is 14.4 Å². The van der Waals surface area contributed by atoms with Crippen LogP contribution in [0.5, 0.6) is 5.75 Å². The van der Waals surface area contributed by atoms with Crippen LogP contribution in [-0.4, -0.2) is 60.5 Å². The lowest BCUT2D eigenvalue weighted by Crippen LogP contribution is -2.38. The molecule has 170 valence electrons. The zero-order valence-corrected chi connectivity index (χ0v) is 19.4. The molecule has 4 rings (SSSR count). The van der Waals surface area contributed by atoms with Crippen LogP contribution in [0.15, 0.2) is 36.4 Å². The molecule has 0 spiro atoms. The third-order valence-corrected chi connectivity index (χ3v) is 6.07. The first-order valence-corrected chi connectivity index (χ1v) is 11.2. The summed E-state index contributed by atoms with van der Waals surface area (Å²) in [5.41, 5.74) is 4.29. The Labute approximate surface area is 189 Å². The summed E-state index contributed by atoms with van der Waals surface area (Å²) >= 11 is 0. The number of nitrogens with one attached hydrogen (secondary N) is 1. The van der Waals surface area contributed by atoms with Crippen molar-refractivity contribution in [1.29, 1.82) is 0 Å². The third kappa shape index (κ3) is 4.49. The second kappa shape index (κ2) is 9.71. The van der Waals surface area contributed by atoms with Gasteiger partial charge in [-0.05, 0) is 30.0 Å². The van der Waals surface area contributed by atoms with E-state index in [1.165, 1.54) is 0 Å². The monoisotopic (exact) mass is 436 g/mol. The van der Waals surface area contributed by atoms with Crippen molar-refractivity contribution in [2.45, 2.75) is 33.2 Å². The van der Waals surface area contributed by atoms with E-state index in [9.17, 15) is 4.79 Å². The molecular weight excluding hydrogens is 404 g/mol. The molecule has 1 aliphatic rings. The normalized spacial score (nSPS) is 14.8. The molecule has 2 aromatic carbocycles. The number of anilines is 1. The van der Waals surface area contributed by atoms with Gasteiger partial charge >= 0.3 is 0 Å². The Kier molecular flexibility index (Phi) is 6.77. The van der Waals surface area contributed by atoms with Crippen LogP contribution in [0.25, 0.3) is 10.9 Å². The molecule has 1 aromatic heterocycles. The number of hydrogen-bond donors (Lipinski definition) is 1. The number of para-hydroxylation sites is 2. The number of aryl methyl sites for hydroxylation is 1. The van der Waals surface area contributed by atoms with Crippen LogP contribution in [0, 0.1) is 6.92 Å². The summed E-state index contributed by atoms with van der Waals surface area (Å²) < 4.78 is 13.0. The summed E-state index contributed by atoms with van der Waals surface area (Å²) in [6, 6.07) is 11.9. The molecule has 7 heteroatoms. The number of carbonyl (C=O) groups excluding carboxylic acids is 1. The van der Waals surface area contributed by atoms with Crippen molar-refractivity contribution in [3.05, 3.63) is 53.2 Å². The maximum atomic E-state index is 13.4. The van der Waals surface area contributed by atoms with Crippen LogP contribution in [0.3, 0.4) is 0 Å². The zero-order chi connectivity index (χ0) is 22.7. The highest BCUT2D eigenvalue weighted by Crippen LogP contribution is 2.31. The van der Waals surface area contributed by atoms with E-state index < -0.39 is 0 Å². The number of amides is 1. The van der Waals surface area contributed by atoms with Crippen molar-refractivity contribution in [2.75, 3.05) is 45.3 Å². The van der Waals surface area contributed by atoms with Gasteiger partial charge in [-0.1, -0.05) is 44.2 Å². The van der Waals surface area contributed by atoms with Crippen molar-refractivity contribution in [1.82, 2.24) is 14.7 Å². The molecule has 1 fully saturated rings. The number of benzene rings is 2. The predicted molar refractivity (Wildman–Crippen MR) is 127 cm³/mol. The maximum Gasteiger partial charge on any atom is 0.276 e. The Morgan fingerprint density at radius 3 is 2.62 bits per heavy atom. The van der Waals surface area contributed by atoms with Crippen LogP contribution in [0.1, 0.15) is 41.4 Å². The molecule has 2 heterocycles. The fourth-order valence-electron chi connectivity index (χ4n) is 4.27. The Bertz CT molecular complexity index is 1100. The number of methoxy groups -OCH3 is 1. The van der Waals surface area contributed by atoms with E-state index >= 15 is 0 Å². The van der Waals surface area contributed by atoms with Crippen LogP contribution in [0.4, 0.5) is 5.69 Å². The summed E-state index contributed by atoms with van der Waals surface area (Å²) in [7, 11) is 1.65. The standard InChI is InChI=1S/C25H32N4O3/c1-17(2)19-8-5-7-18(3)22(19)26-25(30)23-20-9-6-10-21(31-4)24(20)29(27-23)12-11-28-13-15-32-16-14-28/h5-10,17H,11-16H2,1-4H3,(H,26,30). The van der Waals surface area contributed by atoms with E-state index in [-0.39, 0.29) is 5.91 Å². The predicted octanol–water partition coefficient (Wildman–Crippen LogP) is 4.06. The fourth-order valence-corrected chi connectivity index (χ4v) is 4.27. The Hall–Kier alpha value is -2.90. The van der Waals surface area contributed by atoms with Crippen molar-refractivity contribution in [2.24, 2.45) is 0 Å². The Balaban J connectivity index is 1.67. The average molecular weight is 437 g/mol. The lowest BCUT2D eigenvalue weighted by molar-refractivity contribution is 0.0361. The molecule has 32 heavy (non-hydrogen) atoms. The van der Waals surface area contributed by atoms with Crippen molar-refractivity contribution in [3.8, 4) is 5.75 Å². The summed E-state index contributed by atoms with van der Waals surface area (Å²) in [6.07, 6.45) is 0. The van der Waals surface area contributed by atoms with Gasteiger partial charge < -0.3 is 14.8 Å². The Morgan fingerprint density at radius 1 is 1.16 bits per heavy atom. The van der Waals surface area contributed by atoms with Crippen molar-refractivity contribution < 1.29 is 14.3 Å². The molecule has 0 atom stereocenters. The number of rotatable bonds is 7. The van der Waals surface area contributed by atoms with Gasteiger partial charge in [0.2, 0.25) is 0 Å². The number of nitrogens with zero attached hydrogens (tertiary/aromatic N) is 3. The van der Waals surface area contributed by atoms with E-state index in [0.29, 0.717) is 18.2 Å². The van der Waals surface area contributed by atoms with Gasteiger partial charge in [-0.2, -0.15) is 5.10 Å². The first-order chi connectivity index (χ1) is 15.5. The van der Waals surface area contributed by atoms with Crippen LogP contribution in [-0.2, 0) is 11.3 Å². The minimum absolute atomic E-state index is 0.204. The molecule has 1 aliphatic heterocycles. The number of fused-ring (bicyclic) bond motifs is 1. The first-order valence-electron chi connectivity index (χ1n) is 11.2. The van der Waals surface area contributed by atoms with Crippen LogP contribution in [0.2, 0.25) is 0 Å². The van der Waals surface area contributed by atoms with Crippen LogP contribution >= 0.6 is 0 Å². The van der Waals surface area contributed by atoms with E-state index in [0.717, 1.165) is 66.3 Å². The van der Waals surface area contributed by atoms with Gasteiger partial charge in [-0.25, -0.2) is 0 Å². The number of morpholine rings is 1. The first kappa shape index (κ1) is 22.3. The molecule has 3 aromatic rings. The molecule has 1 saturated heterocycles. The quantitative estimate of drug-likeness (QED) is 0.605. The van der Waals surface area contributed by atoms with Gasteiger partial charge in [0, 0.05) is 30.7 Å². The second-order valence-electron chi connectivity index (χ2n) is 8.53. The van der Waals surface area contributed by atoms with Crippen molar-refractivity contribution in [3.63, 3.8) is 0 Å². The van der Waals surface area contributed by atoms with E-state index in [1.54, 1.807) is 7.11 Å². The zero-order valence-electron chi connectivity index (χ0n) is 19.4. The highest BCUT2D eigenvalue weighted by Gasteiger charge is 2.22. The summed E-state index contributed by atoms with van der Waals surface area (Å²) in [5, 5.41) is 8.69. The summed E-state index contributed by atoms with van der Waals surface area (Å²) in [4.78, 5) is 15.8. The van der Waals surface area contributed by atoms with Gasteiger partial charge in [-0.15, -0.1) is 0 Å². The highest BCUT2D eigenvalue weighted by atomic mass is 16.5. The number of aromatic nitrogens is 2. The Morgan fingerprint density at radius 2 is 1.91 bits per heavy atom. The SMILES string of the molecule is COc1cccc2c(C(=O)Nc3c(C)cccc3C(C)C)nn(CCN3CCOCC3)c12. The molecule has 1 N–H and O–H groups in total. The molecule has 0 radical (unpaired) electrons. The lowest BCUT2D eigenvalue weighted by Gasteiger charge is -2.26. The molecule has 7 nitrogen and oxygen atoms in total. The van der Waals surface area contributed by atoms with Gasteiger partial charge in [0.25, 0.3) is 5.91 Å². The van der Waals surface area contributed by atoms with E-state index in [4.69, 9.17) is 14.6 Å². The lowest BCUT2D eigenvalue weighted by atomic mass is 9.98. The van der Waals surface area contributed by atoms with Crippen LogP contribution < -0.4 is 10.1 Å². The topological polar surface area (TPSA) is 68.6 Å². The minimum atomic E-state index is -0.204. The average Bonchev–Trinajstić information content (AvgIpc) is 3.18. The molecule has 0 bridgehead atoms. The molecule has 0 aliphatic carbocycles. The highest BCUT2D eigenvalue weighted by molar-refractivity contribution is 6.12. The minimum Gasteiger partial charge on any atom is -0.494 e. The molecule has 0 unspecified atom stereocenters. The maximum absolute atomic E-state index is 13.4. The summed E-state index contributed by atoms with van der Waals surface area (Å²) in [5.74, 6) is 0.812. The fraction of sp³-hybridized carbons (Fsp3) is 0.440. The number of ether oxygens (including phenoxy) is 2. The summed E-state index contributed by atoms with van der Waals surface area (Å²) in [6.45, 7) is 11.1. The van der Waals surface area contributed by atoms with Gasteiger partial charge in [0.15, 0.2) is 5.69 Å². The van der Waals surface area contributed by atoms with E-state index in [2.05, 4.69) is 30.1 Å². The van der Waals surface area contributed by atoms with Gasteiger partial charge in [0.05, 0.1) is 26.9 Å². The van der Waals surface area contributed by atoms with Gasteiger partial charge in [0.1, 0.15) is 11.3 Å². The third-order valence-electron chi connectivity index (χ3n) is 6.07. The van der Waals surface area contributed by atoms with E-state index in [1.807, 2.05) is 41.9 Å². The number of hydrogen-bond acceptors (Lipinski definition) is 5. The molecule has 0 saturated carbocycles. The van der Waals surface area contributed by atoms with Crippen molar-refractivity contribution >= 4 is 22.5 Å². The smallest absolute Gasteiger partial charge is 0.276 e.